The van der Waals surface area contributed by atoms with E-state index in [2.05, 4.69) is 4.99 Å². The lowest BCUT2D eigenvalue weighted by Gasteiger charge is -2.05. The summed E-state index contributed by atoms with van der Waals surface area (Å²) in [4.78, 5) is 13.5. The molecule has 0 unspecified atom stereocenters. The summed E-state index contributed by atoms with van der Waals surface area (Å²) >= 11 is 5.97. The Morgan fingerprint density at radius 3 is 2.92 bits per heavy atom. The Kier molecular flexibility index (Phi) is 3.69. The van der Waals surface area contributed by atoms with Gasteiger partial charge in [-0.15, -0.1) is 0 Å². The SMILES string of the molecule is CCc1c(Cl)cccc1CN=C=O. The van der Waals surface area contributed by atoms with Crippen LogP contribution in [0, 0.1) is 0 Å². The van der Waals surface area contributed by atoms with Crippen molar-refractivity contribution in [1.82, 2.24) is 0 Å². The molecule has 1 aromatic carbocycles. The zero-order valence-corrected chi connectivity index (χ0v) is 8.14. The van der Waals surface area contributed by atoms with Gasteiger partial charge in [0, 0.05) is 5.02 Å². The number of nitrogens with zero attached hydrogens (tertiary/aromatic N) is 1. The van der Waals surface area contributed by atoms with Crippen LogP contribution in [0.1, 0.15) is 18.1 Å². The van der Waals surface area contributed by atoms with E-state index >= 15 is 0 Å². The van der Waals surface area contributed by atoms with Gasteiger partial charge in [0.15, 0.2) is 0 Å². The Bertz CT molecular complexity index is 343. The molecule has 0 aliphatic heterocycles. The highest BCUT2D eigenvalue weighted by Crippen LogP contribution is 2.20. The largest absolute Gasteiger partial charge is 0.235 e. The molecule has 13 heavy (non-hydrogen) atoms. The number of aliphatic imine (C=N–C) groups is 1. The standard InChI is InChI=1S/C10H10ClNO/c1-2-9-8(6-12-7-13)4-3-5-10(9)11/h3-5H,2,6H2,1H3. The summed E-state index contributed by atoms with van der Waals surface area (Å²) in [5, 5.41) is 0.737. The molecule has 0 aliphatic rings. The fourth-order valence-electron chi connectivity index (χ4n) is 1.26. The van der Waals surface area contributed by atoms with E-state index in [1.165, 1.54) is 6.08 Å². The van der Waals surface area contributed by atoms with E-state index in [0.717, 1.165) is 22.6 Å². The molecule has 2 nitrogen and oxygen atoms in total. The van der Waals surface area contributed by atoms with Crippen molar-refractivity contribution in [3.63, 3.8) is 0 Å². The number of rotatable bonds is 3. The van der Waals surface area contributed by atoms with Crippen molar-refractivity contribution in [2.75, 3.05) is 0 Å². The first-order chi connectivity index (χ1) is 6.29. The Morgan fingerprint density at radius 1 is 1.54 bits per heavy atom. The summed E-state index contributed by atoms with van der Waals surface area (Å²) in [6.07, 6.45) is 2.37. The first-order valence-electron chi connectivity index (χ1n) is 4.09. The molecular weight excluding hydrogens is 186 g/mol. The highest BCUT2D eigenvalue weighted by molar-refractivity contribution is 6.31. The smallest absolute Gasteiger partial charge is 0.211 e. The molecule has 0 saturated carbocycles. The molecule has 0 radical (unpaired) electrons. The third-order valence-electron chi connectivity index (χ3n) is 1.88. The maximum atomic E-state index is 9.94. The molecule has 0 aliphatic carbocycles. The van der Waals surface area contributed by atoms with E-state index < -0.39 is 0 Å². The van der Waals surface area contributed by atoms with E-state index in [4.69, 9.17) is 11.6 Å². The van der Waals surface area contributed by atoms with E-state index in [0.29, 0.717) is 6.54 Å². The highest BCUT2D eigenvalue weighted by atomic mass is 35.5. The Balaban J connectivity index is 3.04. The summed E-state index contributed by atoms with van der Waals surface area (Å²) in [6.45, 7) is 2.39. The average Bonchev–Trinajstić information content (AvgIpc) is 2.15. The van der Waals surface area contributed by atoms with Crippen molar-refractivity contribution in [1.29, 1.82) is 0 Å². The van der Waals surface area contributed by atoms with Crippen LogP contribution in [0.3, 0.4) is 0 Å². The lowest BCUT2D eigenvalue weighted by Crippen LogP contribution is -1.91. The molecule has 0 N–H and O–H groups in total. The fraction of sp³-hybridized carbons (Fsp3) is 0.300. The van der Waals surface area contributed by atoms with Crippen LogP contribution >= 0.6 is 11.6 Å². The molecule has 0 fully saturated rings. The van der Waals surface area contributed by atoms with Gasteiger partial charge in [-0.2, -0.15) is 0 Å². The van der Waals surface area contributed by atoms with Gasteiger partial charge in [0.1, 0.15) is 0 Å². The molecule has 0 bridgehead atoms. The second-order valence-electron chi connectivity index (χ2n) is 2.64. The van der Waals surface area contributed by atoms with Crippen LogP contribution < -0.4 is 0 Å². The van der Waals surface area contributed by atoms with Gasteiger partial charge in [-0.3, -0.25) is 0 Å². The van der Waals surface area contributed by atoms with E-state index in [1.807, 2.05) is 25.1 Å². The van der Waals surface area contributed by atoms with Crippen LogP contribution in [0.2, 0.25) is 5.02 Å². The molecule has 0 heterocycles. The second-order valence-corrected chi connectivity index (χ2v) is 3.05. The summed E-state index contributed by atoms with van der Waals surface area (Å²) in [6, 6.07) is 5.62. The maximum absolute atomic E-state index is 9.94. The van der Waals surface area contributed by atoms with E-state index in [1.54, 1.807) is 0 Å². The third-order valence-corrected chi connectivity index (χ3v) is 2.24. The van der Waals surface area contributed by atoms with Gasteiger partial charge in [-0.25, -0.2) is 9.79 Å². The van der Waals surface area contributed by atoms with Crippen molar-refractivity contribution >= 4 is 17.7 Å². The van der Waals surface area contributed by atoms with Crippen LogP contribution in [-0.2, 0) is 17.8 Å². The molecule has 0 atom stereocenters. The maximum Gasteiger partial charge on any atom is 0.235 e. The van der Waals surface area contributed by atoms with Crippen molar-refractivity contribution in [3.8, 4) is 0 Å². The minimum absolute atomic E-state index is 0.368. The number of hydrogen-bond acceptors (Lipinski definition) is 2. The van der Waals surface area contributed by atoms with Crippen molar-refractivity contribution in [2.24, 2.45) is 4.99 Å². The summed E-state index contributed by atoms with van der Waals surface area (Å²) in [7, 11) is 0. The predicted molar refractivity (Wildman–Crippen MR) is 52.7 cm³/mol. The molecule has 3 heteroatoms. The number of carbonyl (C=O) groups excluding carboxylic acids is 1. The van der Waals surface area contributed by atoms with Crippen LogP contribution in [0.5, 0.6) is 0 Å². The fourth-order valence-corrected chi connectivity index (χ4v) is 1.59. The average molecular weight is 196 g/mol. The van der Waals surface area contributed by atoms with Crippen LogP contribution in [0.15, 0.2) is 23.2 Å². The number of hydrogen-bond donors (Lipinski definition) is 0. The highest BCUT2D eigenvalue weighted by Gasteiger charge is 2.03. The lowest BCUT2D eigenvalue weighted by molar-refractivity contribution is 0.562. The molecule has 1 rings (SSSR count). The van der Waals surface area contributed by atoms with Gasteiger partial charge in [-0.05, 0) is 23.6 Å². The first kappa shape index (κ1) is 9.97. The monoisotopic (exact) mass is 195 g/mol. The summed E-state index contributed by atoms with van der Waals surface area (Å²) in [5.74, 6) is 0. The number of halogens is 1. The topological polar surface area (TPSA) is 29.4 Å². The van der Waals surface area contributed by atoms with Gasteiger partial charge in [0.25, 0.3) is 0 Å². The van der Waals surface area contributed by atoms with Crippen molar-refractivity contribution in [3.05, 3.63) is 34.3 Å². The zero-order chi connectivity index (χ0) is 9.68. The quantitative estimate of drug-likeness (QED) is 0.539. The Morgan fingerprint density at radius 2 is 2.31 bits per heavy atom. The van der Waals surface area contributed by atoms with Crippen LogP contribution in [0.4, 0.5) is 0 Å². The molecule has 0 saturated heterocycles. The van der Waals surface area contributed by atoms with Crippen molar-refractivity contribution in [2.45, 2.75) is 19.9 Å². The molecular formula is C10H10ClNO. The summed E-state index contributed by atoms with van der Waals surface area (Å²) in [5.41, 5.74) is 2.06. The van der Waals surface area contributed by atoms with Crippen LogP contribution in [-0.4, -0.2) is 6.08 Å². The van der Waals surface area contributed by atoms with Gasteiger partial charge >= 0.3 is 0 Å². The van der Waals surface area contributed by atoms with E-state index in [-0.39, 0.29) is 0 Å². The number of isocyanates is 1. The van der Waals surface area contributed by atoms with E-state index in [9.17, 15) is 4.79 Å². The zero-order valence-electron chi connectivity index (χ0n) is 7.38. The minimum Gasteiger partial charge on any atom is -0.211 e. The predicted octanol–water partition coefficient (Wildman–Crippen LogP) is 2.74. The summed E-state index contributed by atoms with van der Waals surface area (Å²) < 4.78 is 0. The normalized spacial score (nSPS) is 9.38. The molecule has 68 valence electrons. The van der Waals surface area contributed by atoms with Gasteiger partial charge < -0.3 is 0 Å². The number of benzene rings is 1. The van der Waals surface area contributed by atoms with Gasteiger partial charge in [-0.1, -0.05) is 30.7 Å². The van der Waals surface area contributed by atoms with Gasteiger partial charge in [0.05, 0.1) is 6.54 Å². The molecule has 0 aromatic heterocycles. The Labute approximate surface area is 82.3 Å². The molecule has 0 amide bonds. The second kappa shape index (κ2) is 4.80. The third kappa shape index (κ3) is 2.41. The van der Waals surface area contributed by atoms with Crippen LogP contribution in [0.25, 0.3) is 0 Å². The molecule has 1 aromatic rings. The Hall–Kier alpha value is -1.11. The molecule has 0 spiro atoms. The minimum atomic E-state index is 0.368. The first-order valence-corrected chi connectivity index (χ1v) is 4.47. The van der Waals surface area contributed by atoms with Gasteiger partial charge in [0.2, 0.25) is 6.08 Å². The van der Waals surface area contributed by atoms with Crippen molar-refractivity contribution < 1.29 is 4.79 Å². The lowest BCUT2D eigenvalue weighted by atomic mass is 10.1.